The number of hydrogen-bond acceptors (Lipinski definition) is 7. The summed E-state index contributed by atoms with van der Waals surface area (Å²) in [6.45, 7) is 1.83. The number of pyridine rings is 2. The Morgan fingerprint density at radius 2 is 2.04 bits per heavy atom. The Kier molecular flexibility index (Phi) is 5.93. The first-order chi connectivity index (χ1) is 13.4. The molecule has 1 fully saturated rings. The van der Waals surface area contributed by atoms with Crippen molar-refractivity contribution >= 4 is 23.2 Å². The number of nitrogens with zero attached hydrogens (tertiary/aromatic N) is 2. The molecule has 28 heavy (non-hydrogen) atoms. The Bertz CT molecular complexity index is 876. The molecule has 6 N–H and O–H groups in total. The Morgan fingerprint density at radius 1 is 1.29 bits per heavy atom. The summed E-state index contributed by atoms with van der Waals surface area (Å²) in [5, 5.41) is 6.08. The monoisotopic (exact) mass is 388 g/mol. The minimum atomic E-state index is -0.784. The van der Waals surface area contributed by atoms with Crippen molar-refractivity contribution < 1.29 is 13.9 Å². The van der Waals surface area contributed by atoms with Gasteiger partial charge in [0.1, 0.15) is 5.82 Å². The largest absolute Gasteiger partial charge is 0.481 e. The number of primary amides is 1. The zero-order valence-electron chi connectivity index (χ0n) is 16.0. The fourth-order valence-electron chi connectivity index (χ4n) is 3.37. The van der Waals surface area contributed by atoms with E-state index in [2.05, 4.69) is 20.6 Å². The van der Waals surface area contributed by atoms with Crippen LogP contribution in [0.3, 0.4) is 0 Å². The SMILES string of the molecule is COc1ncc(Nc2nc(NC3CCCC[C@@H]3N)c(F)cc2C(N)=O)cc1C. The van der Waals surface area contributed by atoms with Gasteiger partial charge in [0.15, 0.2) is 11.6 Å². The maximum absolute atomic E-state index is 14.5. The highest BCUT2D eigenvalue weighted by Crippen LogP contribution is 2.27. The Hall–Kier alpha value is -2.94. The van der Waals surface area contributed by atoms with Crippen molar-refractivity contribution in [1.29, 1.82) is 0 Å². The molecule has 2 atom stereocenters. The number of carbonyl (C=O) groups excluding carboxylic acids is 1. The summed E-state index contributed by atoms with van der Waals surface area (Å²) in [6.07, 6.45) is 5.33. The maximum atomic E-state index is 14.5. The summed E-state index contributed by atoms with van der Waals surface area (Å²) in [7, 11) is 1.53. The molecule has 0 spiro atoms. The van der Waals surface area contributed by atoms with Crippen molar-refractivity contribution in [3.63, 3.8) is 0 Å². The fraction of sp³-hybridized carbons (Fsp3) is 0.421. The van der Waals surface area contributed by atoms with Crippen molar-refractivity contribution in [3.8, 4) is 5.88 Å². The molecule has 0 saturated heterocycles. The summed E-state index contributed by atoms with van der Waals surface area (Å²) >= 11 is 0. The normalized spacial score (nSPS) is 19.1. The van der Waals surface area contributed by atoms with Crippen molar-refractivity contribution in [1.82, 2.24) is 9.97 Å². The molecule has 1 unspecified atom stereocenters. The summed E-state index contributed by atoms with van der Waals surface area (Å²) in [4.78, 5) is 20.2. The number of rotatable bonds is 6. The van der Waals surface area contributed by atoms with E-state index in [0.717, 1.165) is 37.3 Å². The van der Waals surface area contributed by atoms with Crippen LogP contribution in [-0.2, 0) is 0 Å². The first kappa shape index (κ1) is 19.8. The van der Waals surface area contributed by atoms with E-state index in [4.69, 9.17) is 16.2 Å². The van der Waals surface area contributed by atoms with Crippen LogP contribution in [0.1, 0.15) is 41.6 Å². The Labute approximate surface area is 162 Å². The molecule has 9 heteroatoms. The molecule has 0 bridgehead atoms. The van der Waals surface area contributed by atoms with E-state index in [1.54, 1.807) is 6.07 Å². The molecule has 1 aliphatic rings. The molecule has 150 valence electrons. The van der Waals surface area contributed by atoms with Gasteiger partial charge in [-0.25, -0.2) is 14.4 Å². The first-order valence-corrected chi connectivity index (χ1v) is 9.19. The summed E-state index contributed by atoms with van der Waals surface area (Å²) < 4.78 is 19.7. The molecule has 2 aromatic heterocycles. The number of anilines is 3. The molecule has 0 radical (unpaired) electrons. The van der Waals surface area contributed by atoms with Gasteiger partial charge in [-0.1, -0.05) is 12.8 Å². The maximum Gasteiger partial charge on any atom is 0.252 e. The molecule has 1 aliphatic carbocycles. The number of carbonyl (C=O) groups is 1. The second-order valence-corrected chi connectivity index (χ2v) is 6.95. The quantitative estimate of drug-likeness (QED) is 0.598. The fourth-order valence-corrected chi connectivity index (χ4v) is 3.37. The number of aromatic nitrogens is 2. The first-order valence-electron chi connectivity index (χ1n) is 9.19. The number of nitrogens with two attached hydrogens (primary N) is 2. The number of aryl methyl sites for hydroxylation is 1. The zero-order chi connectivity index (χ0) is 20.3. The van der Waals surface area contributed by atoms with Crippen LogP contribution in [0.2, 0.25) is 0 Å². The standard InChI is InChI=1S/C19H25FN6O2/c1-10-7-11(9-23-19(10)28-2)24-17-12(16(22)27)8-13(20)18(26-17)25-15-6-4-3-5-14(15)21/h7-9,14-15H,3-6,21H2,1-2H3,(H2,22,27)(H2,24,25,26)/t14-,15?/m0/s1. The van der Waals surface area contributed by atoms with E-state index >= 15 is 0 Å². The van der Waals surface area contributed by atoms with E-state index in [1.165, 1.54) is 13.3 Å². The number of methoxy groups -OCH3 is 1. The van der Waals surface area contributed by atoms with Crippen molar-refractivity contribution in [2.24, 2.45) is 11.5 Å². The van der Waals surface area contributed by atoms with Crippen LogP contribution in [0.4, 0.5) is 21.7 Å². The highest BCUT2D eigenvalue weighted by molar-refractivity contribution is 5.98. The number of halogens is 1. The molecular weight excluding hydrogens is 363 g/mol. The van der Waals surface area contributed by atoms with Gasteiger partial charge >= 0.3 is 0 Å². The van der Waals surface area contributed by atoms with Gasteiger partial charge in [-0.15, -0.1) is 0 Å². The topological polar surface area (TPSA) is 128 Å². The average molecular weight is 388 g/mol. The van der Waals surface area contributed by atoms with E-state index < -0.39 is 11.7 Å². The predicted octanol–water partition coefficient (Wildman–Crippen LogP) is 2.46. The van der Waals surface area contributed by atoms with E-state index in [0.29, 0.717) is 11.6 Å². The molecule has 3 rings (SSSR count). The van der Waals surface area contributed by atoms with Crippen molar-refractivity contribution in [2.45, 2.75) is 44.7 Å². The second-order valence-electron chi connectivity index (χ2n) is 6.95. The summed E-state index contributed by atoms with van der Waals surface area (Å²) in [5.41, 5.74) is 12.9. The average Bonchev–Trinajstić information content (AvgIpc) is 2.66. The predicted molar refractivity (Wildman–Crippen MR) is 105 cm³/mol. The lowest BCUT2D eigenvalue weighted by molar-refractivity contribution is 0.100. The molecule has 2 heterocycles. The lowest BCUT2D eigenvalue weighted by Gasteiger charge is -2.30. The smallest absolute Gasteiger partial charge is 0.252 e. The summed E-state index contributed by atoms with van der Waals surface area (Å²) in [6, 6.07) is 2.72. The van der Waals surface area contributed by atoms with Crippen LogP contribution in [0.15, 0.2) is 18.3 Å². The van der Waals surface area contributed by atoms with Gasteiger partial charge in [-0.2, -0.15) is 0 Å². The van der Waals surface area contributed by atoms with Crippen LogP contribution in [0.5, 0.6) is 5.88 Å². The third-order valence-corrected chi connectivity index (χ3v) is 4.87. The minimum Gasteiger partial charge on any atom is -0.481 e. The second kappa shape index (κ2) is 8.39. The number of hydrogen-bond donors (Lipinski definition) is 4. The molecular formula is C19H25FN6O2. The molecule has 0 aliphatic heterocycles. The zero-order valence-corrected chi connectivity index (χ0v) is 16.0. The molecule has 1 saturated carbocycles. The molecule has 2 aromatic rings. The summed E-state index contributed by atoms with van der Waals surface area (Å²) in [5.74, 6) is -0.768. The number of amides is 1. The Balaban J connectivity index is 1.92. The Morgan fingerprint density at radius 3 is 2.68 bits per heavy atom. The third kappa shape index (κ3) is 4.30. The van der Waals surface area contributed by atoms with Crippen LogP contribution in [0, 0.1) is 12.7 Å². The lowest BCUT2D eigenvalue weighted by atomic mass is 9.91. The van der Waals surface area contributed by atoms with Crippen LogP contribution in [-0.4, -0.2) is 35.1 Å². The van der Waals surface area contributed by atoms with E-state index in [9.17, 15) is 9.18 Å². The van der Waals surface area contributed by atoms with Gasteiger partial charge in [0.2, 0.25) is 5.88 Å². The van der Waals surface area contributed by atoms with Gasteiger partial charge in [-0.3, -0.25) is 4.79 Å². The number of ether oxygens (including phenoxy) is 1. The van der Waals surface area contributed by atoms with Gasteiger partial charge < -0.3 is 26.8 Å². The highest BCUT2D eigenvalue weighted by atomic mass is 19.1. The third-order valence-electron chi connectivity index (χ3n) is 4.87. The van der Waals surface area contributed by atoms with E-state index in [1.807, 2.05) is 6.92 Å². The van der Waals surface area contributed by atoms with Crippen LogP contribution >= 0.6 is 0 Å². The molecule has 0 aromatic carbocycles. The van der Waals surface area contributed by atoms with Gasteiger partial charge in [-0.05, 0) is 31.9 Å². The van der Waals surface area contributed by atoms with Crippen molar-refractivity contribution in [3.05, 3.63) is 35.3 Å². The van der Waals surface area contributed by atoms with Gasteiger partial charge in [0.25, 0.3) is 5.91 Å². The van der Waals surface area contributed by atoms with Crippen molar-refractivity contribution in [2.75, 3.05) is 17.7 Å². The molecule has 8 nitrogen and oxygen atoms in total. The van der Waals surface area contributed by atoms with E-state index in [-0.39, 0.29) is 29.3 Å². The minimum absolute atomic E-state index is 0.0352. The number of nitrogens with one attached hydrogen (secondary N) is 2. The van der Waals surface area contributed by atoms with Crippen LogP contribution in [0.25, 0.3) is 0 Å². The highest BCUT2D eigenvalue weighted by Gasteiger charge is 2.24. The van der Waals surface area contributed by atoms with Crippen LogP contribution < -0.4 is 26.8 Å². The molecule has 1 amide bonds. The van der Waals surface area contributed by atoms with Gasteiger partial charge in [0, 0.05) is 17.6 Å². The lowest BCUT2D eigenvalue weighted by Crippen LogP contribution is -2.43. The van der Waals surface area contributed by atoms with Gasteiger partial charge in [0.05, 0.1) is 24.6 Å².